The Balaban J connectivity index is 1.63. The highest BCUT2D eigenvalue weighted by molar-refractivity contribution is 7.21. The van der Waals surface area contributed by atoms with Gasteiger partial charge in [-0.25, -0.2) is 9.78 Å². The summed E-state index contributed by atoms with van der Waals surface area (Å²) >= 11 is 13.1. The Morgan fingerprint density at radius 3 is 2.67 bits per heavy atom. The second kappa shape index (κ2) is 7.17. The van der Waals surface area contributed by atoms with E-state index >= 15 is 0 Å². The van der Waals surface area contributed by atoms with Crippen molar-refractivity contribution in [2.75, 3.05) is 11.9 Å². The summed E-state index contributed by atoms with van der Waals surface area (Å²) in [5, 5.41) is 4.08. The molecule has 122 valence electrons. The highest BCUT2D eigenvalue weighted by atomic mass is 35.5. The van der Waals surface area contributed by atoms with Crippen LogP contribution in [0.4, 0.5) is 5.82 Å². The van der Waals surface area contributed by atoms with Crippen LogP contribution in [0.2, 0.25) is 10.0 Å². The molecule has 8 heteroatoms. The van der Waals surface area contributed by atoms with Gasteiger partial charge in [0.05, 0.1) is 10.0 Å². The molecule has 24 heavy (non-hydrogen) atoms. The highest BCUT2D eigenvalue weighted by Gasteiger charge is 2.19. The molecule has 0 spiro atoms. The van der Waals surface area contributed by atoms with Crippen LogP contribution >= 0.6 is 34.5 Å². The Morgan fingerprint density at radius 1 is 1.17 bits per heavy atom. The van der Waals surface area contributed by atoms with Crippen LogP contribution in [-0.4, -0.2) is 23.5 Å². The number of fused-ring (bicyclic) bond motifs is 1. The Bertz CT molecular complexity index is 909. The maximum atomic E-state index is 12.1. The van der Waals surface area contributed by atoms with Crippen molar-refractivity contribution in [3.05, 3.63) is 57.5 Å². The Morgan fingerprint density at radius 2 is 1.96 bits per heavy atom. The van der Waals surface area contributed by atoms with E-state index in [2.05, 4.69) is 10.3 Å². The number of esters is 1. The summed E-state index contributed by atoms with van der Waals surface area (Å²) in [6.07, 6.45) is 1.40. The van der Waals surface area contributed by atoms with E-state index in [9.17, 15) is 9.59 Å². The zero-order valence-corrected chi connectivity index (χ0v) is 14.4. The number of carbonyl (C=O) groups excluding carboxylic acids is 2. The van der Waals surface area contributed by atoms with E-state index in [1.165, 1.54) is 17.5 Å². The predicted molar refractivity (Wildman–Crippen MR) is 95.0 cm³/mol. The van der Waals surface area contributed by atoms with E-state index in [-0.39, 0.29) is 4.88 Å². The van der Waals surface area contributed by atoms with E-state index in [0.717, 1.165) is 10.1 Å². The summed E-state index contributed by atoms with van der Waals surface area (Å²) in [6, 6.07) is 10.5. The van der Waals surface area contributed by atoms with Gasteiger partial charge in [0.25, 0.3) is 5.91 Å². The lowest BCUT2D eigenvalue weighted by atomic mass is 10.2. The second-order valence-corrected chi connectivity index (χ2v) is 6.59. The first kappa shape index (κ1) is 16.7. The molecule has 0 unspecified atom stereocenters. The predicted octanol–water partition coefficient (Wildman–Crippen LogP) is 4.40. The Hall–Kier alpha value is -2.15. The quantitative estimate of drug-likeness (QED) is 0.681. The second-order valence-electron chi connectivity index (χ2n) is 4.73. The third kappa shape index (κ3) is 3.67. The molecule has 3 aromatic rings. The van der Waals surface area contributed by atoms with Gasteiger partial charge in [-0.05, 0) is 18.2 Å². The average molecular weight is 381 g/mol. The van der Waals surface area contributed by atoms with Crippen molar-refractivity contribution in [1.29, 1.82) is 0 Å². The largest absolute Gasteiger partial charge is 0.451 e. The lowest BCUT2D eigenvalue weighted by Crippen LogP contribution is -2.21. The fraction of sp³-hybridized carbons (Fsp3) is 0.0625. The number of hydrogen-bond donors (Lipinski definition) is 1. The van der Waals surface area contributed by atoms with Crippen LogP contribution < -0.4 is 5.32 Å². The van der Waals surface area contributed by atoms with Gasteiger partial charge in [0.2, 0.25) is 0 Å². The lowest BCUT2D eigenvalue weighted by molar-refractivity contribution is -0.119. The summed E-state index contributed by atoms with van der Waals surface area (Å²) in [5.41, 5.74) is 0. The van der Waals surface area contributed by atoms with E-state index in [4.69, 9.17) is 27.9 Å². The molecule has 0 atom stereocenters. The molecular formula is C16H10Cl2N2O3S. The average Bonchev–Trinajstić information content (AvgIpc) is 2.92. The highest BCUT2D eigenvalue weighted by Crippen LogP contribution is 2.35. The first-order valence-corrected chi connectivity index (χ1v) is 8.37. The monoisotopic (exact) mass is 380 g/mol. The SMILES string of the molecule is O=C(COC(=O)c1sc2ccccc2c1Cl)Nc1ccc(Cl)cn1. The minimum atomic E-state index is -0.639. The van der Waals surface area contributed by atoms with Gasteiger partial charge in [-0.15, -0.1) is 11.3 Å². The first-order chi connectivity index (χ1) is 11.5. The van der Waals surface area contributed by atoms with Gasteiger partial charge in [-0.2, -0.15) is 0 Å². The third-order valence-corrected chi connectivity index (χ3v) is 4.93. The number of carbonyl (C=O) groups is 2. The lowest BCUT2D eigenvalue weighted by Gasteiger charge is -2.05. The van der Waals surface area contributed by atoms with Gasteiger partial charge in [-0.1, -0.05) is 41.4 Å². The van der Waals surface area contributed by atoms with Crippen molar-refractivity contribution in [3.8, 4) is 0 Å². The smallest absolute Gasteiger partial charge is 0.350 e. The molecule has 1 amide bonds. The van der Waals surface area contributed by atoms with Crippen LogP contribution in [0.25, 0.3) is 10.1 Å². The molecule has 3 rings (SSSR count). The maximum absolute atomic E-state index is 12.1. The summed E-state index contributed by atoms with van der Waals surface area (Å²) in [4.78, 5) is 28.1. The molecule has 2 heterocycles. The van der Waals surface area contributed by atoms with Crippen molar-refractivity contribution in [2.24, 2.45) is 0 Å². The molecule has 0 radical (unpaired) electrons. The molecule has 5 nitrogen and oxygen atoms in total. The van der Waals surface area contributed by atoms with Gasteiger partial charge >= 0.3 is 5.97 Å². The molecule has 0 aliphatic heterocycles. The number of anilines is 1. The maximum Gasteiger partial charge on any atom is 0.350 e. The topological polar surface area (TPSA) is 68.3 Å². The van der Waals surface area contributed by atoms with E-state index in [0.29, 0.717) is 15.9 Å². The van der Waals surface area contributed by atoms with E-state index in [1.54, 1.807) is 12.1 Å². The summed E-state index contributed by atoms with van der Waals surface area (Å²) < 4.78 is 5.90. The summed E-state index contributed by atoms with van der Waals surface area (Å²) in [6.45, 7) is -0.437. The van der Waals surface area contributed by atoms with Crippen molar-refractivity contribution in [1.82, 2.24) is 4.98 Å². The number of nitrogens with one attached hydrogen (secondary N) is 1. The van der Waals surface area contributed by atoms with Gasteiger partial charge in [0.15, 0.2) is 6.61 Å². The van der Waals surface area contributed by atoms with Crippen LogP contribution in [0.1, 0.15) is 9.67 Å². The molecule has 0 aliphatic carbocycles. The molecule has 0 saturated carbocycles. The van der Waals surface area contributed by atoms with Gasteiger partial charge in [0, 0.05) is 16.3 Å². The molecule has 1 aromatic carbocycles. The van der Waals surface area contributed by atoms with Crippen LogP contribution in [-0.2, 0) is 9.53 Å². The molecule has 0 fully saturated rings. The Kier molecular flexibility index (Phi) is 4.99. The molecule has 0 aliphatic rings. The standard InChI is InChI=1S/C16H10Cl2N2O3S/c17-9-5-6-12(19-7-9)20-13(21)8-23-16(22)15-14(18)10-3-1-2-4-11(10)24-15/h1-7H,8H2,(H,19,20,21). The summed E-state index contributed by atoms with van der Waals surface area (Å²) in [5.74, 6) is -0.823. The van der Waals surface area contributed by atoms with Crippen molar-refractivity contribution >= 4 is 62.3 Å². The van der Waals surface area contributed by atoms with Crippen LogP contribution in [0.15, 0.2) is 42.6 Å². The van der Waals surface area contributed by atoms with E-state index in [1.807, 2.05) is 24.3 Å². The fourth-order valence-corrected chi connectivity index (χ4v) is 3.48. The van der Waals surface area contributed by atoms with Crippen LogP contribution in [0.5, 0.6) is 0 Å². The van der Waals surface area contributed by atoms with Crippen molar-refractivity contribution in [3.63, 3.8) is 0 Å². The number of hydrogen-bond acceptors (Lipinski definition) is 5. The number of pyridine rings is 1. The number of halogens is 2. The number of amides is 1. The number of thiophene rings is 1. The number of ether oxygens (including phenoxy) is 1. The van der Waals surface area contributed by atoms with E-state index < -0.39 is 18.5 Å². The number of rotatable bonds is 4. The first-order valence-electron chi connectivity index (χ1n) is 6.80. The molecule has 0 saturated heterocycles. The zero-order chi connectivity index (χ0) is 17.1. The normalized spacial score (nSPS) is 10.6. The van der Waals surface area contributed by atoms with Gasteiger partial charge < -0.3 is 10.1 Å². The van der Waals surface area contributed by atoms with Gasteiger partial charge in [0.1, 0.15) is 10.7 Å². The van der Waals surface area contributed by atoms with Crippen LogP contribution in [0, 0.1) is 0 Å². The fourth-order valence-electron chi connectivity index (χ4n) is 1.97. The minimum absolute atomic E-state index is 0.273. The number of benzene rings is 1. The van der Waals surface area contributed by atoms with Crippen molar-refractivity contribution < 1.29 is 14.3 Å². The van der Waals surface area contributed by atoms with Gasteiger partial charge in [-0.3, -0.25) is 4.79 Å². The molecular weight excluding hydrogens is 371 g/mol. The van der Waals surface area contributed by atoms with Crippen LogP contribution in [0.3, 0.4) is 0 Å². The third-order valence-electron chi connectivity index (χ3n) is 3.05. The minimum Gasteiger partial charge on any atom is -0.451 e. The molecule has 1 N–H and O–H groups in total. The molecule has 2 aromatic heterocycles. The van der Waals surface area contributed by atoms with Crippen molar-refractivity contribution in [2.45, 2.75) is 0 Å². The Labute approximate surface area is 151 Å². The number of aromatic nitrogens is 1. The summed E-state index contributed by atoms with van der Waals surface area (Å²) in [7, 11) is 0. The number of nitrogens with zero attached hydrogens (tertiary/aromatic N) is 1. The zero-order valence-electron chi connectivity index (χ0n) is 12.1. The molecule has 0 bridgehead atoms.